The van der Waals surface area contributed by atoms with Gasteiger partial charge in [0.1, 0.15) is 11.8 Å². The van der Waals surface area contributed by atoms with Crippen molar-refractivity contribution in [2.24, 2.45) is 5.92 Å². The van der Waals surface area contributed by atoms with Crippen molar-refractivity contribution in [3.8, 4) is 11.8 Å². The van der Waals surface area contributed by atoms with E-state index in [0.29, 0.717) is 29.2 Å². The number of ketones is 1. The average Bonchev–Trinajstić information content (AvgIpc) is 3.28. The number of pyridine rings is 2. The van der Waals surface area contributed by atoms with Gasteiger partial charge >= 0.3 is 0 Å². The molecular formula is C33H37N5O3. The Labute approximate surface area is 240 Å². The van der Waals surface area contributed by atoms with Crippen LogP contribution >= 0.6 is 0 Å². The maximum atomic E-state index is 13.7. The fourth-order valence-electron chi connectivity index (χ4n) is 6.35. The molecule has 0 amide bonds. The van der Waals surface area contributed by atoms with E-state index in [4.69, 9.17) is 10.00 Å². The van der Waals surface area contributed by atoms with Crippen LogP contribution in [-0.2, 0) is 13.0 Å². The monoisotopic (exact) mass is 551 g/mol. The van der Waals surface area contributed by atoms with Crippen molar-refractivity contribution in [1.29, 1.82) is 5.26 Å². The summed E-state index contributed by atoms with van der Waals surface area (Å²) in [5.41, 5.74) is 5.40. The van der Waals surface area contributed by atoms with Gasteiger partial charge in [0.25, 0.3) is 5.56 Å². The number of nitriles is 1. The largest absolute Gasteiger partial charge is 0.496 e. The van der Waals surface area contributed by atoms with Gasteiger partial charge in [0, 0.05) is 53.1 Å². The number of methoxy groups -OCH3 is 1. The fourth-order valence-corrected chi connectivity index (χ4v) is 6.35. The molecule has 1 atom stereocenters. The van der Waals surface area contributed by atoms with Crippen LogP contribution in [0.1, 0.15) is 70.8 Å². The van der Waals surface area contributed by atoms with Gasteiger partial charge in [-0.25, -0.2) is 0 Å². The van der Waals surface area contributed by atoms with Gasteiger partial charge in [0.15, 0.2) is 5.78 Å². The lowest BCUT2D eigenvalue weighted by atomic mass is 9.89. The Morgan fingerprint density at radius 3 is 2.63 bits per heavy atom. The smallest absolute Gasteiger partial charge is 0.255 e. The second-order valence-corrected chi connectivity index (χ2v) is 11.1. The zero-order valence-corrected chi connectivity index (χ0v) is 24.2. The normalized spacial score (nSPS) is 15.1. The predicted molar refractivity (Wildman–Crippen MR) is 159 cm³/mol. The molecule has 4 aromatic rings. The molecular weight excluding hydrogens is 514 g/mol. The third-order valence-corrected chi connectivity index (χ3v) is 8.55. The van der Waals surface area contributed by atoms with Gasteiger partial charge < -0.3 is 14.3 Å². The lowest BCUT2D eigenvalue weighted by Gasteiger charge is -2.36. The Bertz CT molecular complexity index is 1650. The van der Waals surface area contributed by atoms with Gasteiger partial charge in [-0.05, 0) is 83.3 Å². The highest BCUT2D eigenvalue weighted by Gasteiger charge is 2.29. The number of para-hydroxylation sites is 1. The van der Waals surface area contributed by atoms with Crippen LogP contribution in [0.15, 0.2) is 53.5 Å². The van der Waals surface area contributed by atoms with E-state index in [1.807, 2.05) is 37.3 Å². The number of hydrogen-bond acceptors (Lipinski definition) is 6. The molecule has 8 nitrogen and oxygen atoms in total. The zero-order chi connectivity index (χ0) is 29.1. The standard InChI is InChI=1S/C33H37N5O3/c1-21-17-31(41-4)28(33(40)36-21)11-12-30(39)32-23(3)38(29-8-6-5-7-27(29)32)22(2)25-13-15-37(16-14-25)20-26-10-9-24(18-34)19-35-26/h5-10,17,19,22,25H,11-16,20H2,1-4H3,(H,36,40)/t22-/m1/s1. The van der Waals surface area contributed by atoms with Crippen LogP contribution in [0, 0.1) is 31.1 Å². The van der Waals surface area contributed by atoms with Crippen molar-refractivity contribution in [3.63, 3.8) is 0 Å². The number of aromatic nitrogens is 3. The number of hydrogen-bond donors (Lipinski definition) is 1. The van der Waals surface area contributed by atoms with Crippen LogP contribution in [0.5, 0.6) is 5.75 Å². The summed E-state index contributed by atoms with van der Waals surface area (Å²) >= 11 is 0. The van der Waals surface area contributed by atoms with Gasteiger partial charge in [-0.1, -0.05) is 18.2 Å². The quantitative estimate of drug-likeness (QED) is 0.275. The molecule has 3 aromatic heterocycles. The number of Topliss-reactive ketones (excluding diaryl/α,β-unsaturated/α-hetero) is 1. The highest BCUT2D eigenvalue weighted by atomic mass is 16.5. The number of benzene rings is 1. The van der Waals surface area contributed by atoms with Crippen molar-refractivity contribution in [3.05, 3.63) is 92.8 Å². The molecule has 41 heavy (non-hydrogen) atoms. The Morgan fingerprint density at radius 1 is 1.20 bits per heavy atom. The predicted octanol–water partition coefficient (Wildman–Crippen LogP) is 5.51. The van der Waals surface area contributed by atoms with E-state index < -0.39 is 0 Å². The topological polar surface area (TPSA) is 104 Å². The fraction of sp³-hybridized carbons (Fsp3) is 0.394. The van der Waals surface area contributed by atoms with Crippen molar-refractivity contribution in [1.82, 2.24) is 19.4 Å². The molecule has 1 N–H and O–H groups in total. The molecule has 1 fully saturated rings. The van der Waals surface area contributed by atoms with Crippen molar-refractivity contribution in [2.75, 3.05) is 20.2 Å². The molecule has 1 aliphatic heterocycles. The third kappa shape index (κ3) is 5.82. The number of rotatable bonds is 9. The number of nitrogens with one attached hydrogen (secondary N) is 1. The summed E-state index contributed by atoms with van der Waals surface area (Å²) in [4.78, 5) is 36.0. The summed E-state index contributed by atoms with van der Waals surface area (Å²) < 4.78 is 7.79. The lowest BCUT2D eigenvalue weighted by Crippen LogP contribution is -2.36. The lowest BCUT2D eigenvalue weighted by molar-refractivity contribution is 0.0983. The number of likely N-dealkylation sites (tertiary alicyclic amines) is 1. The molecule has 0 bridgehead atoms. The van der Waals surface area contributed by atoms with E-state index in [1.165, 1.54) is 0 Å². The Kier molecular flexibility index (Phi) is 8.36. The summed E-state index contributed by atoms with van der Waals surface area (Å²) in [5.74, 6) is 1.04. The number of aryl methyl sites for hydroxylation is 1. The molecule has 0 unspecified atom stereocenters. The van der Waals surface area contributed by atoms with Crippen LogP contribution in [-0.4, -0.2) is 45.4 Å². The summed E-state index contributed by atoms with van der Waals surface area (Å²) in [7, 11) is 1.55. The highest BCUT2D eigenvalue weighted by molar-refractivity contribution is 6.09. The molecule has 0 saturated carbocycles. The minimum atomic E-state index is -0.205. The number of nitrogens with zero attached hydrogens (tertiary/aromatic N) is 4. The molecule has 8 heteroatoms. The minimum absolute atomic E-state index is 0.0383. The summed E-state index contributed by atoms with van der Waals surface area (Å²) in [6.07, 6.45) is 4.30. The number of carbonyl (C=O) groups excluding carboxylic acids is 1. The number of fused-ring (bicyclic) bond motifs is 1. The zero-order valence-electron chi connectivity index (χ0n) is 24.2. The van der Waals surface area contributed by atoms with E-state index in [9.17, 15) is 9.59 Å². The minimum Gasteiger partial charge on any atom is -0.496 e. The van der Waals surface area contributed by atoms with Gasteiger partial charge in [-0.15, -0.1) is 0 Å². The number of H-pyrrole nitrogens is 1. The summed E-state index contributed by atoms with van der Waals surface area (Å²) in [5, 5.41) is 9.98. The Hall–Kier alpha value is -4.22. The number of piperidine rings is 1. The second-order valence-electron chi connectivity index (χ2n) is 11.1. The van der Waals surface area contributed by atoms with E-state index in [0.717, 1.165) is 66.0 Å². The van der Waals surface area contributed by atoms with Crippen LogP contribution < -0.4 is 10.3 Å². The molecule has 5 rings (SSSR count). The first-order valence-corrected chi connectivity index (χ1v) is 14.3. The third-order valence-electron chi connectivity index (χ3n) is 8.55. The van der Waals surface area contributed by atoms with Crippen LogP contribution in [0.3, 0.4) is 0 Å². The van der Waals surface area contributed by atoms with Crippen LogP contribution in [0.2, 0.25) is 0 Å². The molecule has 212 valence electrons. The summed E-state index contributed by atoms with van der Waals surface area (Å²) in [6, 6.07) is 16.1. The van der Waals surface area contributed by atoms with Crippen molar-refractivity contribution < 1.29 is 9.53 Å². The molecule has 1 saturated heterocycles. The van der Waals surface area contributed by atoms with E-state index in [-0.39, 0.29) is 23.8 Å². The number of carbonyl (C=O) groups is 1. The van der Waals surface area contributed by atoms with Gasteiger partial charge in [-0.3, -0.25) is 19.5 Å². The number of ether oxygens (including phenoxy) is 1. The molecule has 0 radical (unpaired) electrons. The molecule has 0 spiro atoms. The van der Waals surface area contributed by atoms with E-state index in [2.05, 4.69) is 45.4 Å². The first kappa shape index (κ1) is 28.3. The molecule has 1 aromatic carbocycles. The van der Waals surface area contributed by atoms with Gasteiger partial charge in [-0.2, -0.15) is 5.26 Å². The molecule has 1 aliphatic rings. The van der Waals surface area contributed by atoms with Gasteiger partial charge in [0.2, 0.25) is 0 Å². The SMILES string of the molecule is COc1cc(C)[nH]c(=O)c1CCC(=O)c1c(C)n([C@H](C)C2CCN(Cc3ccc(C#N)cn3)CC2)c2ccccc12. The van der Waals surface area contributed by atoms with Crippen LogP contribution in [0.25, 0.3) is 10.9 Å². The maximum Gasteiger partial charge on any atom is 0.255 e. The molecule has 4 heterocycles. The Morgan fingerprint density at radius 2 is 1.95 bits per heavy atom. The van der Waals surface area contributed by atoms with Gasteiger partial charge in [0.05, 0.1) is 23.9 Å². The summed E-state index contributed by atoms with van der Waals surface area (Å²) in [6.45, 7) is 8.88. The van der Waals surface area contributed by atoms with Crippen molar-refractivity contribution in [2.45, 2.75) is 59.0 Å². The van der Waals surface area contributed by atoms with Crippen molar-refractivity contribution >= 4 is 16.7 Å². The molecule has 0 aliphatic carbocycles. The average molecular weight is 552 g/mol. The van der Waals surface area contributed by atoms with E-state index >= 15 is 0 Å². The second kappa shape index (κ2) is 12.1. The first-order valence-electron chi connectivity index (χ1n) is 14.3. The Balaban J connectivity index is 1.32. The van der Waals surface area contributed by atoms with Crippen LogP contribution in [0.4, 0.5) is 0 Å². The first-order chi connectivity index (χ1) is 19.8. The van der Waals surface area contributed by atoms with E-state index in [1.54, 1.807) is 19.4 Å². The number of aromatic amines is 1. The maximum absolute atomic E-state index is 13.7. The highest BCUT2D eigenvalue weighted by Crippen LogP contribution is 2.36.